The van der Waals surface area contributed by atoms with Gasteiger partial charge in [0.1, 0.15) is 43.5 Å². The smallest absolute Gasteiger partial charge is 0.344 e. The number of hydrogen-bond acceptors (Lipinski definition) is 11. The fourth-order valence-electron chi connectivity index (χ4n) is 3.85. The minimum atomic E-state index is -0.994. The standard InChI is InChI=1S/C17H18O11/c1-2-8(18)23-5-9(19)26-14-12-10(11-13(27-12)15(14)28-17(11)21)16(20)24-4-7-3-22-6-25-7/h2,7,10-15H,1,3-6H2. The lowest BCUT2D eigenvalue weighted by Gasteiger charge is -2.27. The molecule has 4 heterocycles. The molecule has 4 saturated heterocycles. The molecule has 0 aliphatic carbocycles. The Hall–Kier alpha value is -2.50. The second-order valence-electron chi connectivity index (χ2n) is 6.69. The average Bonchev–Trinajstić information content (AvgIpc) is 3.43. The van der Waals surface area contributed by atoms with Crippen LogP contribution in [0.4, 0.5) is 0 Å². The first-order valence-electron chi connectivity index (χ1n) is 8.70. The van der Waals surface area contributed by atoms with Crippen molar-refractivity contribution in [3.63, 3.8) is 0 Å². The van der Waals surface area contributed by atoms with Gasteiger partial charge in [-0.2, -0.15) is 0 Å². The molecule has 11 nitrogen and oxygen atoms in total. The van der Waals surface area contributed by atoms with Crippen molar-refractivity contribution in [1.29, 1.82) is 0 Å². The molecule has 152 valence electrons. The Bertz CT molecular complexity index is 697. The van der Waals surface area contributed by atoms with Gasteiger partial charge in [-0.1, -0.05) is 6.58 Å². The minimum Gasteiger partial charge on any atom is -0.463 e. The molecule has 4 aliphatic rings. The predicted molar refractivity (Wildman–Crippen MR) is 83.2 cm³/mol. The molecule has 4 fully saturated rings. The van der Waals surface area contributed by atoms with Gasteiger partial charge in [0, 0.05) is 6.08 Å². The predicted octanol–water partition coefficient (Wildman–Crippen LogP) is -1.52. The van der Waals surface area contributed by atoms with Crippen LogP contribution in [-0.4, -0.2) is 81.0 Å². The molecule has 0 spiro atoms. The van der Waals surface area contributed by atoms with Crippen LogP contribution in [0.15, 0.2) is 12.7 Å². The van der Waals surface area contributed by atoms with Crippen molar-refractivity contribution in [2.75, 3.05) is 26.6 Å². The number of carbonyl (C=O) groups is 4. The highest BCUT2D eigenvalue weighted by molar-refractivity contribution is 5.87. The van der Waals surface area contributed by atoms with Crippen LogP contribution in [-0.2, 0) is 52.3 Å². The average molecular weight is 398 g/mol. The van der Waals surface area contributed by atoms with Gasteiger partial charge < -0.3 is 33.2 Å². The Morgan fingerprint density at radius 3 is 2.71 bits per heavy atom. The van der Waals surface area contributed by atoms with Crippen molar-refractivity contribution in [3.05, 3.63) is 12.7 Å². The lowest BCUT2D eigenvalue weighted by atomic mass is 9.78. The number of hydrogen-bond donors (Lipinski definition) is 0. The Morgan fingerprint density at radius 1 is 1.18 bits per heavy atom. The number of carbonyl (C=O) groups excluding carboxylic acids is 4. The summed E-state index contributed by atoms with van der Waals surface area (Å²) in [5, 5.41) is 0. The van der Waals surface area contributed by atoms with Crippen molar-refractivity contribution in [2.24, 2.45) is 11.8 Å². The van der Waals surface area contributed by atoms with Crippen molar-refractivity contribution >= 4 is 23.9 Å². The maximum absolute atomic E-state index is 12.6. The third-order valence-electron chi connectivity index (χ3n) is 5.05. The largest absolute Gasteiger partial charge is 0.463 e. The summed E-state index contributed by atoms with van der Waals surface area (Å²) in [5.74, 6) is -4.68. The molecule has 0 radical (unpaired) electrons. The van der Waals surface area contributed by atoms with Crippen LogP contribution in [0.5, 0.6) is 0 Å². The summed E-state index contributed by atoms with van der Waals surface area (Å²) < 4.78 is 36.3. The van der Waals surface area contributed by atoms with E-state index in [0.717, 1.165) is 6.08 Å². The lowest BCUT2D eigenvalue weighted by Crippen LogP contribution is -2.48. The van der Waals surface area contributed by atoms with Gasteiger partial charge in [-0.25, -0.2) is 9.59 Å². The Balaban J connectivity index is 1.40. The van der Waals surface area contributed by atoms with Gasteiger partial charge in [-0.15, -0.1) is 0 Å². The highest BCUT2D eigenvalue weighted by atomic mass is 16.7. The quantitative estimate of drug-likeness (QED) is 0.281. The Kier molecular flexibility index (Phi) is 5.04. The minimum absolute atomic E-state index is 0.0279. The maximum Gasteiger partial charge on any atom is 0.344 e. The zero-order valence-corrected chi connectivity index (χ0v) is 14.6. The summed E-state index contributed by atoms with van der Waals surface area (Å²) in [5.41, 5.74) is 0. The molecule has 28 heavy (non-hydrogen) atoms. The summed E-state index contributed by atoms with van der Waals surface area (Å²) in [6.07, 6.45) is -2.86. The molecule has 0 amide bonds. The van der Waals surface area contributed by atoms with E-state index in [1.807, 2.05) is 0 Å². The highest BCUT2D eigenvalue weighted by Crippen LogP contribution is 2.51. The first-order valence-corrected chi connectivity index (χ1v) is 8.70. The van der Waals surface area contributed by atoms with E-state index in [1.54, 1.807) is 0 Å². The van der Waals surface area contributed by atoms with Crippen LogP contribution in [0.3, 0.4) is 0 Å². The Morgan fingerprint density at radius 2 is 2.00 bits per heavy atom. The normalized spacial score (nSPS) is 37.4. The molecule has 2 bridgehead atoms. The molecule has 0 N–H and O–H groups in total. The van der Waals surface area contributed by atoms with Crippen LogP contribution >= 0.6 is 0 Å². The summed E-state index contributed by atoms with van der Waals surface area (Å²) in [6, 6.07) is 0. The van der Waals surface area contributed by atoms with E-state index in [2.05, 4.69) is 11.3 Å². The maximum atomic E-state index is 12.6. The molecule has 0 aromatic carbocycles. The molecule has 7 unspecified atom stereocenters. The first-order chi connectivity index (χ1) is 13.5. The summed E-state index contributed by atoms with van der Waals surface area (Å²) in [4.78, 5) is 47.8. The van der Waals surface area contributed by atoms with Crippen molar-refractivity contribution < 1.29 is 52.3 Å². The monoisotopic (exact) mass is 398 g/mol. The molecule has 0 aromatic rings. The summed E-state index contributed by atoms with van der Waals surface area (Å²) in [6.45, 7) is 2.98. The first kappa shape index (κ1) is 18.8. The van der Waals surface area contributed by atoms with E-state index >= 15 is 0 Å². The van der Waals surface area contributed by atoms with Gasteiger partial charge in [0.15, 0.2) is 18.8 Å². The van der Waals surface area contributed by atoms with E-state index in [1.165, 1.54) is 0 Å². The second-order valence-corrected chi connectivity index (χ2v) is 6.69. The molecule has 0 saturated carbocycles. The fraction of sp³-hybridized carbons (Fsp3) is 0.647. The molecule has 7 atom stereocenters. The van der Waals surface area contributed by atoms with E-state index < -0.39 is 66.7 Å². The third-order valence-corrected chi connectivity index (χ3v) is 5.05. The van der Waals surface area contributed by atoms with Crippen molar-refractivity contribution in [1.82, 2.24) is 0 Å². The van der Waals surface area contributed by atoms with E-state index in [9.17, 15) is 19.2 Å². The fourth-order valence-corrected chi connectivity index (χ4v) is 3.85. The zero-order valence-electron chi connectivity index (χ0n) is 14.6. The molecule has 4 aliphatic heterocycles. The van der Waals surface area contributed by atoms with Crippen LogP contribution in [0, 0.1) is 11.8 Å². The highest BCUT2D eigenvalue weighted by Gasteiger charge is 2.72. The summed E-state index contributed by atoms with van der Waals surface area (Å²) >= 11 is 0. The molecular formula is C17H18O11. The number of fused-ring (bicyclic) bond motifs is 1. The van der Waals surface area contributed by atoms with Crippen molar-refractivity contribution in [3.8, 4) is 0 Å². The summed E-state index contributed by atoms with van der Waals surface area (Å²) in [7, 11) is 0. The second kappa shape index (κ2) is 7.49. The number of rotatable bonds is 7. The lowest BCUT2D eigenvalue weighted by molar-refractivity contribution is -0.170. The van der Waals surface area contributed by atoms with Crippen LogP contribution in [0.2, 0.25) is 0 Å². The van der Waals surface area contributed by atoms with Crippen LogP contribution < -0.4 is 0 Å². The van der Waals surface area contributed by atoms with E-state index in [-0.39, 0.29) is 19.5 Å². The Labute approximate surface area is 158 Å². The third kappa shape index (κ3) is 3.25. The van der Waals surface area contributed by atoms with Gasteiger partial charge in [-0.05, 0) is 0 Å². The van der Waals surface area contributed by atoms with Crippen molar-refractivity contribution in [2.45, 2.75) is 30.5 Å². The number of esters is 4. The van der Waals surface area contributed by atoms with Gasteiger partial charge in [0.05, 0.1) is 6.61 Å². The van der Waals surface area contributed by atoms with Gasteiger partial charge in [0.2, 0.25) is 0 Å². The number of ether oxygens (including phenoxy) is 7. The van der Waals surface area contributed by atoms with Crippen LogP contribution in [0.25, 0.3) is 0 Å². The molecule has 0 aromatic heterocycles. The topological polar surface area (TPSA) is 133 Å². The van der Waals surface area contributed by atoms with E-state index in [0.29, 0.717) is 6.61 Å². The van der Waals surface area contributed by atoms with Gasteiger partial charge >= 0.3 is 23.9 Å². The van der Waals surface area contributed by atoms with Gasteiger partial charge in [-0.3, -0.25) is 9.59 Å². The molecular weight excluding hydrogens is 380 g/mol. The van der Waals surface area contributed by atoms with E-state index in [4.69, 9.17) is 28.4 Å². The van der Waals surface area contributed by atoms with Crippen LogP contribution in [0.1, 0.15) is 0 Å². The molecule has 4 rings (SSSR count). The van der Waals surface area contributed by atoms with Gasteiger partial charge in [0.25, 0.3) is 0 Å². The molecule has 11 heteroatoms. The SMILES string of the molecule is C=CC(=O)OCC(=O)OC1C2OC(=O)C3C2OC1C3C(=O)OCC1COCO1. The zero-order chi connectivity index (χ0) is 19.8.